The van der Waals surface area contributed by atoms with E-state index in [2.05, 4.69) is 5.32 Å². The third kappa shape index (κ3) is 8.84. The lowest BCUT2D eigenvalue weighted by Gasteiger charge is -2.33. The molecule has 12 heteroatoms. The van der Waals surface area contributed by atoms with Crippen LogP contribution in [0.1, 0.15) is 36.5 Å². The first kappa shape index (κ1) is 32.2. The third-order valence-electron chi connectivity index (χ3n) is 6.72. The molecule has 3 aromatic carbocycles. The fraction of sp³-hybridized carbons (Fsp3) is 0.333. The average molecular weight is 599 g/mol. The van der Waals surface area contributed by atoms with Gasteiger partial charge in [0.15, 0.2) is 0 Å². The van der Waals surface area contributed by atoms with Gasteiger partial charge in [0, 0.05) is 31.6 Å². The van der Waals surface area contributed by atoms with Gasteiger partial charge in [0.2, 0.25) is 21.8 Å². The monoisotopic (exact) mass is 598 g/mol. The van der Waals surface area contributed by atoms with Gasteiger partial charge in [0.1, 0.15) is 18.4 Å². The topological polar surface area (TPSA) is 130 Å². The number of nitrogens with zero attached hydrogens (tertiary/aromatic N) is 3. The Labute approximate surface area is 245 Å². The number of anilines is 1. The third-order valence-corrected chi connectivity index (χ3v) is 7.84. The van der Waals surface area contributed by atoms with E-state index in [1.807, 2.05) is 37.3 Å². The number of nitro groups is 1. The van der Waals surface area contributed by atoms with E-state index >= 15 is 0 Å². The molecule has 42 heavy (non-hydrogen) atoms. The van der Waals surface area contributed by atoms with Crippen LogP contribution in [0.2, 0.25) is 0 Å². The number of amides is 2. The van der Waals surface area contributed by atoms with E-state index in [4.69, 9.17) is 0 Å². The quantitative estimate of drug-likeness (QED) is 0.167. The number of carbonyl (C=O) groups is 2. The second-order valence-electron chi connectivity index (χ2n) is 10.00. The number of carbonyl (C=O) groups excluding carboxylic acids is 2. The van der Waals surface area contributed by atoms with Crippen LogP contribution in [0.4, 0.5) is 15.8 Å². The number of sulfonamides is 1. The highest BCUT2D eigenvalue weighted by molar-refractivity contribution is 7.92. The molecular formula is C30H35FN4O6S. The Morgan fingerprint density at radius 2 is 1.69 bits per heavy atom. The molecule has 10 nitrogen and oxygen atoms in total. The smallest absolute Gasteiger partial charge is 0.271 e. The molecule has 0 aliphatic carbocycles. The van der Waals surface area contributed by atoms with Gasteiger partial charge in [-0.3, -0.25) is 24.0 Å². The number of halogens is 1. The second-order valence-corrected chi connectivity index (χ2v) is 11.9. The number of aryl methyl sites for hydroxylation is 1. The lowest BCUT2D eigenvalue weighted by Crippen LogP contribution is -2.53. The number of non-ortho nitro benzene ring substituents is 1. The number of nitrogens with one attached hydrogen (secondary N) is 1. The summed E-state index contributed by atoms with van der Waals surface area (Å²) >= 11 is 0. The molecule has 0 bridgehead atoms. The van der Waals surface area contributed by atoms with Crippen LogP contribution in [-0.4, -0.2) is 55.4 Å². The van der Waals surface area contributed by atoms with Crippen LogP contribution >= 0.6 is 0 Å². The van der Waals surface area contributed by atoms with Crippen LogP contribution in [0.25, 0.3) is 0 Å². The predicted octanol–water partition coefficient (Wildman–Crippen LogP) is 4.36. The predicted molar refractivity (Wildman–Crippen MR) is 159 cm³/mol. The van der Waals surface area contributed by atoms with Crippen molar-refractivity contribution in [2.75, 3.05) is 23.7 Å². The zero-order valence-electron chi connectivity index (χ0n) is 23.8. The van der Waals surface area contributed by atoms with Crippen LogP contribution in [-0.2, 0) is 32.6 Å². The van der Waals surface area contributed by atoms with E-state index < -0.39 is 45.2 Å². The van der Waals surface area contributed by atoms with Crippen molar-refractivity contribution in [3.8, 4) is 0 Å². The van der Waals surface area contributed by atoms with Crippen molar-refractivity contribution >= 4 is 33.2 Å². The van der Waals surface area contributed by atoms with E-state index in [9.17, 15) is 32.5 Å². The molecule has 0 heterocycles. The lowest BCUT2D eigenvalue weighted by molar-refractivity contribution is -0.384. The highest BCUT2D eigenvalue weighted by Crippen LogP contribution is 2.28. The highest BCUT2D eigenvalue weighted by atomic mass is 32.2. The minimum Gasteiger partial charge on any atom is -0.354 e. The number of nitro benzene ring substituents is 1. The summed E-state index contributed by atoms with van der Waals surface area (Å²) in [5.74, 6) is -1.60. The number of benzene rings is 3. The molecule has 3 aromatic rings. The molecule has 0 saturated heterocycles. The summed E-state index contributed by atoms with van der Waals surface area (Å²) in [4.78, 5) is 39.7. The Morgan fingerprint density at radius 3 is 2.29 bits per heavy atom. The molecule has 1 atom stereocenters. The van der Waals surface area contributed by atoms with Crippen molar-refractivity contribution in [3.63, 3.8) is 0 Å². The molecule has 0 fully saturated rings. The van der Waals surface area contributed by atoms with Crippen molar-refractivity contribution in [2.24, 2.45) is 0 Å². The Kier molecular flexibility index (Phi) is 11.1. The van der Waals surface area contributed by atoms with Crippen LogP contribution in [0.3, 0.4) is 0 Å². The lowest BCUT2D eigenvalue weighted by atomic mass is 10.0. The summed E-state index contributed by atoms with van der Waals surface area (Å²) < 4.78 is 40.4. The van der Waals surface area contributed by atoms with Gasteiger partial charge in [-0.05, 0) is 42.2 Å². The fourth-order valence-corrected chi connectivity index (χ4v) is 5.32. The summed E-state index contributed by atoms with van der Waals surface area (Å²) in [6.45, 7) is 3.13. The summed E-state index contributed by atoms with van der Waals surface area (Å²) in [6.07, 6.45) is 2.61. The molecule has 0 spiro atoms. The Hall–Kier alpha value is -4.32. The van der Waals surface area contributed by atoms with E-state index in [0.29, 0.717) is 17.7 Å². The number of hydrogen-bond donors (Lipinski definition) is 1. The molecule has 3 rings (SSSR count). The maximum absolute atomic E-state index is 14.1. The minimum atomic E-state index is -4.10. The van der Waals surface area contributed by atoms with Crippen LogP contribution in [0.5, 0.6) is 0 Å². The Balaban J connectivity index is 2.08. The zero-order chi connectivity index (χ0) is 30.9. The van der Waals surface area contributed by atoms with Gasteiger partial charge in [-0.1, -0.05) is 61.9 Å². The van der Waals surface area contributed by atoms with E-state index in [-0.39, 0.29) is 24.3 Å². The van der Waals surface area contributed by atoms with Gasteiger partial charge in [0.25, 0.3) is 5.69 Å². The summed E-state index contributed by atoms with van der Waals surface area (Å²) in [5.41, 5.74) is 1.36. The maximum Gasteiger partial charge on any atom is 0.271 e. The fourth-order valence-electron chi connectivity index (χ4n) is 4.42. The van der Waals surface area contributed by atoms with Crippen molar-refractivity contribution < 1.29 is 27.3 Å². The van der Waals surface area contributed by atoms with Crippen molar-refractivity contribution in [1.82, 2.24) is 10.2 Å². The van der Waals surface area contributed by atoms with E-state index in [1.54, 1.807) is 6.92 Å². The molecule has 1 unspecified atom stereocenters. The Bertz CT molecular complexity index is 1500. The van der Waals surface area contributed by atoms with Gasteiger partial charge < -0.3 is 10.2 Å². The van der Waals surface area contributed by atoms with Gasteiger partial charge >= 0.3 is 0 Å². The first-order chi connectivity index (χ1) is 19.9. The first-order valence-electron chi connectivity index (χ1n) is 13.5. The van der Waals surface area contributed by atoms with Crippen LogP contribution in [0.15, 0.2) is 72.8 Å². The molecule has 224 valence electrons. The van der Waals surface area contributed by atoms with Gasteiger partial charge in [0.05, 0.1) is 16.9 Å². The standard InChI is InChI=1S/C30H35FN4O6S/c1-4-5-17-32-30(37)28(18-23-9-7-6-8-10-23)33(20-24-12-14-25(31)15-13-24)29(36)21-34(42(3,40)41)27-19-26(35(38)39)16-11-22(27)2/h6-16,19,28H,4-5,17-18,20-21H2,1-3H3,(H,32,37). The Morgan fingerprint density at radius 1 is 1.02 bits per heavy atom. The maximum atomic E-state index is 14.1. The molecule has 0 aliphatic heterocycles. The number of hydrogen-bond acceptors (Lipinski definition) is 6. The average Bonchev–Trinajstić information content (AvgIpc) is 2.95. The largest absolute Gasteiger partial charge is 0.354 e. The van der Waals surface area contributed by atoms with E-state index in [1.165, 1.54) is 41.3 Å². The summed E-state index contributed by atoms with van der Waals surface area (Å²) in [7, 11) is -4.10. The summed E-state index contributed by atoms with van der Waals surface area (Å²) in [5, 5.41) is 14.3. The molecule has 0 aromatic heterocycles. The molecular weight excluding hydrogens is 563 g/mol. The SMILES string of the molecule is CCCCNC(=O)C(Cc1ccccc1)N(Cc1ccc(F)cc1)C(=O)CN(c1cc([N+](=O)[O-])ccc1C)S(C)(=O)=O. The second kappa shape index (κ2) is 14.5. The van der Waals surface area contributed by atoms with Crippen molar-refractivity contribution in [1.29, 1.82) is 0 Å². The van der Waals surface area contributed by atoms with Crippen LogP contribution in [0, 0.1) is 22.9 Å². The minimum absolute atomic E-state index is 0.0196. The number of unbranched alkanes of at least 4 members (excludes halogenated alkanes) is 1. The van der Waals surface area contributed by atoms with E-state index in [0.717, 1.165) is 35.0 Å². The normalized spacial score (nSPS) is 11.9. The van der Waals surface area contributed by atoms with Crippen molar-refractivity contribution in [2.45, 2.75) is 45.7 Å². The molecule has 0 radical (unpaired) electrons. The molecule has 0 saturated carbocycles. The molecule has 1 N–H and O–H groups in total. The van der Waals surface area contributed by atoms with Crippen molar-refractivity contribution in [3.05, 3.63) is 105 Å². The van der Waals surface area contributed by atoms with Gasteiger partial charge in [-0.2, -0.15) is 0 Å². The van der Waals surface area contributed by atoms with Gasteiger partial charge in [-0.15, -0.1) is 0 Å². The number of rotatable bonds is 14. The zero-order valence-corrected chi connectivity index (χ0v) is 24.6. The summed E-state index contributed by atoms with van der Waals surface area (Å²) in [6, 6.07) is 17.3. The molecule has 0 aliphatic rings. The first-order valence-corrected chi connectivity index (χ1v) is 15.3. The molecule has 2 amide bonds. The highest BCUT2D eigenvalue weighted by Gasteiger charge is 2.33. The van der Waals surface area contributed by atoms with Crippen LogP contribution < -0.4 is 9.62 Å². The van der Waals surface area contributed by atoms with Gasteiger partial charge in [-0.25, -0.2) is 12.8 Å².